The second kappa shape index (κ2) is 6.38. The quantitative estimate of drug-likeness (QED) is 0.909. The van der Waals surface area contributed by atoms with E-state index in [9.17, 15) is 4.79 Å². The minimum absolute atomic E-state index is 0.0303. The Bertz CT molecular complexity index is 744. The number of aryl methyl sites for hydroxylation is 1. The van der Waals surface area contributed by atoms with E-state index in [2.05, 4.69) is 46.4 Å². The maximum absolute atomic E-state index is 11.3. The zero-order valence-electron chi connectivity index (χ0n) is 13.4. The minimum Gasteiger partial charge on any atom is -0.396 e. The van der Waals surface area contributed by atoms with Crippen LogP contribution in [-0.2, 0) is 11.2 Å². The van der Waals surface area contributed by atoms with Gasteiger partial charge in [-0.05, 0) is 42.7 Å². The number of nitrogens with one attached hydrogen (secondary N) is 1. The third-order valence-electron chi connectivity index (χ3n) is 4.17. The van der Waals surface area contributed by atoms with Gasteiger partial charge in [-0.15, -0.1) is 0 Å². The summed E-state index contributed by atoms with van der Waals surface area (Å²) in [5, 5.41) is 13.3. The Morgan fingerprint density at radius 3 is 2.74 bits per heavy atom. The topological polar surface area (TPSA) is 66.6 Å². The van der Waals surface area contributed by atoms with Crippen molar-refractivity contribution < 1.29 is 9.90 Å². The van der Waals surface area contributed by atoms with Crippen molar-refractivity contribution in [3.05, 3.63) is 53.3 Å². The first-order valence-corrected chi connectivity index (χ1v) is 7.84. The van der Waals surface area contributed by atoms with Gasteiger partial charge in [-0.1, -0.05) is 19.1 Å². The van der Waals surface area contributed by atoms with Gasteiger partial charge in [0.15, 0.2) is 0 Å². The highest BCUT2D eigenvalue weighted by Gasteiger charge is 2.21. The molecule has 0 aliphatic carbocycles. The standard InChI is InChI=1S/C18H21N3O2/c1-12-9-17(23)19-20-18(12)15-3-5-16(6-4-15)21-11-14(7-8-22)10-13(21)2/h3-6,10-12,22H,7-9H2,1-2H3,(H,19,23). The molecule has 1 aromatic heterocycles. The number of carbonyl (C=O) groups is 1. The van der Waals surface area contributed by atoms with Gasteiger partial charge in [-0.25, -0.2) is 5.43 Å². The van der Waals surface area contributed by atoms with Gasteiger partial charge in [0.05, 0.1) is 5.71 Å². The van der Waals surface area contributed by atoms with Crippen LogP contribution >= 0.6 is 0 Å². The third-order valence-corrected chi connectivity index (χ3v) is 4.17. The van der Waals surface area contributed by atoms with E-state index in [1.54, 1.807) is 0 Å². The first kappa shape index (κ1) is 15.5. The first-order valence-electron chi connectivity index (χ1n) is 7.84. The normalized spacial score (nSPS) is 17.8. The monoisotopic (exact) mass is 311 g/mol. The third kappa shape index (κ3) is 3.19. The van der Waals surface area contributed by atoms with E-state index in [4.69, 9.17) is 5.11 Å². The number of hydrazone groups is 1. The molecule has 3 rings (SSSR count). The molecule has 0 spiro atoms. The lowest BCUT2D eigenvalue weighted by Crippen LogP contribution is -2.31. The summed E-state index contributed by atoms with van der Waals surface area (Å²) in [7, 11) is 0. The zero-order valence-corrected chi connectivity index (χ0v) is 13.4. The Labute approximate surface area is 135 Å². The minimum atomic E-state index is -0.0303. The molecule has 2 heterocycles. The molecule has 1 unspecified atom stereocenters. The van der Waals surface area contributed by atoms with E-state index in [0.717, 1.165) is 28.2 Å². The molecule has 0 saturated heterocycles. The van der Waals surface area contributed by atoms with Gasteiger partial charge in [0.1, 0.15) is 0 Å². The van der Waals surface area contributed by atoms with Crippen molar-refractivity contribution in [2.45, 2.75) is 26.7 Å². The van der Waals surface area contributed by atoms with E-state index < -0.39 is 0 Å². The SMILES string of the molecule is Cc1cc(CCO)cn1-c1ccc(C2=NNC(=O)CC2C)cc1. The fourth-order valence-electron chi connectivity index (χ4n) is 2.98. The molecular formula is C18H21N3O2. The highest BCUT2D eigenvalue weighted by Crippen LogP contribution is 2.20. The molecule has 23 heavy (non-hydrogen) atoms. The van der Waals surface area contributed by atoms with Crippen molar-refractivity contribution in [2.24, 2.45) is 11.0 Å². The lowest BCUT2D eigenvalue weighted by atomic mass is 9.94. The van der Waals surface area contributed by atoms with Gasteiger partial charge < -0.3 is 9.67 Å². The van der Waals surface area contributed by atoms with Crippen LogP contribution in [0, 0.1) is 12.8 Å². The predicted molar refractivity (Wildman–Crippen MR) is 89.8 cm³/mol. The maximum Gasteiger partial charge on any atom is 0.240 e. The summed E-state index contributed by atoms with van der Waals surface area (Å²) in [5.41, 5.74) is 7.84. The molecule has 5 heteroatoms. The molecule has 5 nitrogen and oxygen atoms in total. The smallest absolute Gasteiger partial charge is 0.240 e. The van der Waals surface area contributed by atoms with Gasteiger partial charge in [-0.2, -0.15) is 5.10 Å². The summed E-state index contributed by atoms with van der Waals surface area (Å²) in [5.74, 6) is 0.0938. The predicted octanol–water partition coefficient (Wildman–Crippen LogP) is 2.18. The van der Waals surface area contributed by atoms with Crippen molar-refractivity contribution in [1.29, 1.82) is 0 Å². The molecule has 2 aromatic rings. The number of hydrogen-bond acceptors (Lipinski definition) is 3. The molecule has 0 saturated carbocycles. The Morgan fingerprint density at radius 2 is 2.09 bits per heavy atom. The first-order chi connectivity index (χ1) is 11.1. The number of rotatable bonds is 4. The van der Waals surface area contributed by atoms with Crippen LogP contribution in [-0.4, -0.2) is 27.9 Å². The van der Waals surface area contributed by atoms with Crippen LogP contribution < -0.4 is 5.43 Å². The van der Waals surface area contributed by atoms with E-state index >= 15 is 0 Å². The van der Waals surface area contributed by atoms with Crippen LogP contribution in [0.5, 0.6) is 0 Å². The van der Waals surface area contributed by atoms with E-state index in [0.29, 0.717) is 12.8 Å². The summed E-state index contributed by atoms with van der Waals surface area (Å²) in [6.45, 7) is 4.23. The highest BCUT2D eigenvalue weighted by atomic mass is 16.3. The van der Waals surface area contributed by atoms with E-state index in [1.807, 2.05) is 19.1 Å². The molecule has 0 fully saturated rings. The van der Waals surface area contributed by atoms with Gasteiger partial charge >= 0.3 is 0 Å². The molecule has 1 aromatic carbocycles. The molecule has 0 bridgehead atoms. The van der Waals surface area contributed by atoms with Crippen molar-refractivity contribution in [2.75, 3.05) is 6.61 Å². The van der Waals surface area contributed by atoms with Crippen LogP contribution in [0.15, 0.2) is 41.6 Å². The number of aromatic nitrogens is 1. The van der Waals surface area contributed by atoms with Crippen LogP contribution in [0.4, 0.5) is 0 Å². The number of aliphatic hydroxyl groups excluding tert-OH is 1. The Morgan fingerprint density at radius 1 is 1.35 bits per heavy atom. The maximum atomic E-state index is 11.3. The van der Waals surface area contributed by atoms with Crippen LogP contribution in [0.3, 0.4) is 0 Å². The van der Waals surface area contributed by atoms with Crippen molar-refractivity contribution >= 4 is 11.6 Å². The molecule has 1 aliphatic rings. The number of hydrogen-bond donors (Lipinski definition) is 2. The van der Waals surface area contributed by atoms with E-state index in [-0.39, 0.29) is 18.4 Å². The van der Waals surface area contributed by atoms with Crippen LogP contribution in [0.25, 0.3) is 5.69 Å². The number of aliphatic hydroxyl groups is 1. The fraction of sp³-hybridized carbons (Fsp3) is 0.333. The molecule has 2 N–H and O–H groups in total. The zero-order chi connectivity index (χ0) is 16.4. The molecule has 1 aliphatic heterocycles. The summed E-state index contributed by atoms with van der Waals surface area (Å²) in [4.78, 5) is 11.3. The molecule has 0 radical (unpaired) electrons. The number of benzene rings is 1. The van der Waals surface area contributed by atoms with Crippen LogP contribution in [0.2, 0.25) is 0 Å². The second-order valence-electron chi connectivity index (χ2n) is 6.02. The molecule has 1 amide bonds. The number of carbonyl (C=O) groups excluding carboxylic acids is 1. The lowest BCUT2D eigenvalue weighted by molar-refractivity contribution is -0.121. The van der Waals surface area contributed by atoms with Gasteiger partial charge in [0.2, 0.25) is 5.91 Å². The fourth-order valence-corrected chi connectivity index (χ4v) is 2.98. The Kier molecular flexibility index (Phi) is 4.30. The molecule has 120 valence electrons. The number of nitrogens with zero attached hydrogens (tertiary/aromatic N) is 2. The summed E-state index contributed by atoms with van der Waals surface area (Å²) in [6.07, 6.45) is 3.20. The molecule has 1 atom stereocenters. The Hall–Kier alpha value is -2.40. The number of amides is 1. The average Bonchev–Trinajstić information content (AvgIpc) is 2.89. The van der Waals surface area contributed by atoms with Gasteiger partial charge in [0.25, 0.3) is 0 Å². The second-order valence-corrected chi connectivity index (χ2v) is 6.02. The largest absolute Gasteiger partial charge is 0.396 e. The summed E-state index contributed by atoms with van der Waals surface area (Å²) < 4.78 is 2.11. The summed E-state index contributed by atoms with van der Waals surface area (Å²) in [6, 6.07) is 10.3. The van der Waals surface area contributed by atoms with Crippen molar-refractivity contribution in [3.63, 3.8) is 0 Å². The summed E-state index contributed by atoms with van der Waals surface area (Å²) >= 11 is 0. The lowest BCUT2D eigenvalue weighted by Gasteiger charge is -2.19. The Balaban J connectivity index is 1.86. The average molecular weight is 311 g/mol. The van der Waals surface area contributed by atoms with Gasteiger partial charge in [-0.3, -0.25) is 4.79 Å². The van der Waals surface area contributed by atoms with Crippen LogP contribution in [0.1, 0.15) is 30.2 Å². The van der Waals surface area contributed by atoms with Crippen molar-refractivity contribution in [1.82, 2.24) is 9.99 Å². The molecular weight excluding hydrogens is 290 g/mol. The highest BCUT2D eigenvalue weighted by molar-refractivity contribution is 6.05. The van der Waals surface area contributed by atoms with Crippen molar-refractivity contribution in [3.8, 4) is 5.69 Å². The van der Waals surface area contributed by atoms with E-state index in [1.165, 1.54) is 0 Å². The van der Waals surface area contributed by atoms with Gasteiger partial charge in [0, 0.05) is 36.5 Å².